The van der Waals surface area contributed by atoms with E-state index < -0.39 is 0 Å². The van der Waals surface area contributed by atoms with Crippen molar-refractivity contribution in [2.45, 2.75) is 13.1 Å². The van der Waals surface area contributed by atoms with E-state index in [-0.39, 0.29) is 0 Å². The lowest BCUT2D eigenvalue weighted by atomic mass is 10.2. The van der Waals surface area contributed by atoms with Gasteiger partial charge >= 0.3 is 0 Å². The molecule has 4 nitrogen and oxygen atoms in total. The van der Waals surface area contributed by atoms with Crippen molar-refractivity contribution in [2.24, 2.45) is 5.73 Å². The second-order valence-electron chi connectivity index (χ2n) is 4.16. The molecule has 0 saturated heterocycles. The van der Waals surface area contributed by atoms with Crippen LogP contribution in [0.4, 0.5) is 0 Å². The number of fused-ring (bicyclic) bond motifs is 1. The highest BCUT2D eigenvalue weighted by atomic mass is 15.1. The monoisotopic (exact) mass is 238 g/mol. The maximum Gasteiger partial charge on any atom is 0.123 e. The third kappa shape index (κ3) is 1.87. The van der Waals surface area contributed by atoms with E-state index in [1.54, 1.807) is 12.4 Å². The summed E-state index contributed by atoms with van der Waals surface area (Å²) in [5.41, 5.74) is 9.08. The normalized spacial score (nSPS) is 10.9. The van der Waals surface area contributed by atoms with Crippen molar-refractivity contribution in [1.29, 1.82) is 0 Å². The topological polar surface area (TPSA) is 56.7 Å². The van der Waals surface area contributed by atoms with Gasteiger partial charge in [0.1, 0.15) is 5.82 Å². The highest BCUT2D eigenvalue weighted by Gasteiger charge is 2.08. The van der Waals surface area contributed by atoms with Crippen LogP contribution < -0.4 is 5.73 Å². The minimum absolute atomic E-state index is 0.444. The van der Waals surface area contributed by atoms with Crippen molar-refractivity contribution >= 4 is 11.0 Å². The van der Waals surface area contributed by atoms with E-state index in [0.29, 0.717) is 6.54 Å². The largest absolute Gasteiger partial charge is 0.324 e. The number of aromatic nitrogens is 3. The Kier molecular flexibility index (Phi) is 2.78. The molecule has 3 rings (SSSR count). The molecule has 1 aromatic carbocycles. The predicted octanol–water partition coefficient (Wildman–Crippen LogP) is 1.94. The number of hydrogen-bond donors (Lipinski definition) is 1. The summed E-state index contributed by atoms with van der Waals surface area (Å²) in [4.78, 5) is 8.58. The zero-order valence-electron chi connectivity index (χ0n) is 9.95. The summed E-state index contributed by atoms with van der Waals surface area (Å²) < 4.78 is 2.16. The Morgan fingerprint density at radius 2 is 1.83 bits per heavy atom. The van der Waals surface area contributed by atoms with E-state index in [9.17, 15) is 0 Å². The Morgan fingerprint density at radius 3 is 2.61 bits per heavy atom. The van der Waals surface area contributed by atoms with Gasteiger partial charge in [0.15, 0.2) is 0 Å². The van der Waals surface area contributed by atoms with E-state index in [0.717, 1.165) is 23.4 Å². The van der Waals surface area contributed by atoms with Gasteiger partial charge in [-0.2, -0.15) is 0 Å². The first-order valence-corrected chi connectivity index (χ1v) is 5.91. The molecule has 2 aromatic heterocycles. The smallest absolute Gasteiger partial charge is 0.123 e. The van der Waals surface area contributed by atoms with Crippen LogP contribution in [0.1, 0.15) is 11.4 Å². The van der Waals surface area contributed by atoms with Gasteiger partial charge in [0.2, 0.25) is 0 Å². The van der Waals surface area contributed by atoms with Crippen LogP contribution in [0, 0.1) is 0 Å². The van der Waals surface area contributed by atoms with Gasteiger partial charge in [-0.25, -0.2) is 4.98 Å². The van der Waals surface area contributed by atoms with Gasteiger partial charge in [-0.1, -0.05) is 12.1 Å². The fourth-order valence-electron chi connectivity index (χ4n) is 2.13. The maximum atomic E-state index is 5.77. The van der Waals surface area contributed by atoms with Crippen LogP contribution in [-0.2, 0) is 13.1 Å². The fraction of sp³-hybridized carbons (Fsp3) is 0.143. The second kappa shape index (κ2) is 4.58. The maximum absolute atomic E-state index is 5.77. The second-order valence-corrected chi connectivity index (χ2v) is 4.16. The van der Waals surface area contributed by atoms with E-state index in [2.05, 4.69) is 20.6 Å². The Balaban J connectivity index is 2.10. The molecule has 0 radical (unpaired) electrons. The average Bonchev–Trinajstić information content (AvgIpc) is 2.78. The van der Waals surface area contributed by atoms with E-state index in [1.165, 1.54) is 5.56 Å². The van der Waals surface area contributed by atoms with Crippen molar-refractivity contribution in [3.63, 3.8) is 0 Å². The van der Waals surface area contributed by atoms with Gasteiger partial charge in [-0.3, -0.25) is 4.98 Å². The number of rotatable bonds is 3. The molecule has 0 aliphatic carbocycles. The number of nitrogens with two attached hydrogens (primary N) is 1. The number of benzene rings is 1. The molecule has 0 unspecified atom stereocenters. The molecule has 0 saturated carbocycles. The standard InChI is InChI=1S/C14H14N4/c15-9-14-17-12-3-1-2-4-13(12)18(14)10-11-5-7-16-8-6-11/h1-8H,9-10,15H2. The lowest BCUT2D eigenvalue weighted by molar-refractivity contribution is 0.743. The van der Waals surface area contributed by atoms with Gasteiger partial charge in [0.05, 0.1) is 17.6 Å². The molecule has 90 valence electrons. The molecule has 2 N–H and O–H groups in total. The van der Waals surface area contributed by atoms with Crippen LogP contribution in [-0.4, -0.2) is 14.5 Å². The number of hydrogen-bond acceptors (Lipinski definition) is 3. The summed E-state index contributed by atoms with van der Waals surface area (Å²) in [6, 6.07) is 12.1. The molecule has 4 heteroatoms. The van der Waals surface area contributed by atoms with Crippen LogP contribution >= 0.6 is 0 Å². The minimum atomic E-state index is 0.444. The molecule has 0 spiro atoms. The van der Waals surface area contributed by atoms with Gasteiger partial charge in [0, 0.05) is 18.9 Å². The van der Waals surface area contributed by atoms with Crippen LogP contribution in [0.15, 0.2) is 48.8 Å². The third-order valence-electron chi connectivity index (χ3n) is 3.01. The summed E-state index contributed by atoms with van der Waals surface area (Å²) in [6.07, 6.45) is 3.60. The number of imidazole rings is 1. The Morgan fingerprint density at radius 1 is 1.06 bits per heavy atom. The zero-order valence-corrected chi connectivity index (χ0v) is 9.95. The highest BCUT2D eigenvalue weighted by Crippen LogP contribution is 2.17. The highest BCUT2D eigenvalue weighted by molar-refractivity contribution is 5.76. The number of para-hydroxylation sites is 2. The average molecular weight is 238 g/mol. The van der Waals surface area contributed by atoms with Gasteiger partial charge in [0.25, 0.3) is 0 Å². The van der Waals surface area contributed by atoms with E-state index >= 15 is 0 Å². The fourth-order valence-corrected chi connectivity index (χ4v) is 2.13. The molecule has 0 atom stereocenters. The minimum Gasteiger partial charge on any atom is -0.324 e. The molecule has 0 amide bonds. The molecular weight excluding hydrogens is 224 g/mol. The summed E-state index contributed by atoms with van der Waals surface area (Å²) in [7, 11) is 0. The van der Waals surface area contributed by atoms with Gasteiger partial charge in [-0.15, -0.1) is 0 Å². The van der Waals surface area contributed by atoms with Crippen LogP contribution in [0.3, 0.4) is 0 Å². The van der Waals surface area contributed by atoms with Crippen molar-refractivity contribution in [1.82, 2.24) is 14.5 Å². The first kappa shape index (κ1) is 10.9. The van der Waals surface area contributed by atoms with Crippen LogP contribution in [0.25, 0.3) is 11.0 Å². The summed E-state index contributed by atoms with van der Waals surface area (Å²) in [6.45, 7) is 1.22. The molecule has 0 fully saturated rings. The molecule has 3 aromatic rings. The Hall–Kier alpha value is -2.20. The molecule has 2 heterocycles. The summed E-state index contributed by atoms with van der Waals surface area (Å²) in [5.74, 6) is 0.910. The van der Waals surface area contributed by atoms with Crippen LogP contribution in [0.5, 0.6) is 0 Å². The summed E-state index contributed by atoms with van der Waals surface area (Å²) in [5, 5.41) is 0. The lowest BCUT2D eigenvalue weighted by Gasteiger charge is -2.07. The zero-order chi connectivity index (χ0) is 12.4. The first-order chi connectivity index (χ1) is 8.88. The van der Waals surface area contributed by atoms with Crippen molar-refractivity contribution in [3.05, 3.63) is 60.2 Å². The summed E-state index contributed by atoms with van der Waals surface area (Å²) >= 11 is 0. The van der Waals surface area contributed by atoms with E-state index in [1.807, 2.05) is 30.3 Å². The lowest BCUT2D eigenvalue weighted by Crippen LogP contribution is -2.09. The Bertz CT molecular complexity index is 658. The molecule has 0 aliphatic heterocycles. The molecule has 18 heavy (non-hydrogen) atoms. The van der Waals surface area contributed by atoms with E-state index in [4.69, 9.17) is 5.73 Å². The van der Waals surface area contributed by atoms with Crippen molar-refractivity contribution < 1.29 is 0 Å². The molecule has 0 aliphatic rings. The number of nitrogens with zero attached hydrogens (tertiary/aromatic N) is 3. The first-order valence-electron chi connectivity index (χ1n) is 5.91. The quantitative estimate of drug-likeness (QED) is 0.758. The predicted molar refractivity (Wildman–Crippen MR) is 71.0 cm³/mol. The van der Waals surface area contributed by atoms with Gasteiger partial charge < -0.3 is 10.3 Å². The molecule has 0 bridgehead atoms. The third-order valence-corrected chi connectivity index (χ3v) is 3.01. The van der Waals surface area contributed by atoms with Gasteiger partial charge in [-0.05, 0) is 29.8 Å². The van der Waals surface area contributed by atoms with Crippen molar-refractivity contribution in [2.75, 3.05) is 0 Å². The number of pyridine rings is 1. The van der Waals surface area contributed by atoms with Crippen molar-refractivity contribution in [3.8, 4) is 0 Å². The molecular formula is C14H14N4. The van der Waals surface area contributed by atoms with Crippen LogP contribution in [0.2, 0.25) is 0 Å². The Labute approximate surface area is 105 Å². The SMILES string of the molecule is NCc1nc2ccccc2n1Cc1ccncc1.